The molecule has 0 unspecified atom stereocenters. The van der Waals surface area contributed by atoms with Gasteiger partial charge >= 0.3 is 17.7 Å². The smallest absolute Gasteiger partial charge is 0.404 e. The first kappa shape index (κ1) is 45.1. The second kappa shape index (κ2) is 21.6. The van der Waals surface area contributed by atoms with Crippen molar-refractivity contribution >= 4 is 23.0 Å². The fraction of sp³-hybridized carbons (Fsp3) is 0.548. The van der Waals surface area contributed by atoms with E-state index < -0.39 is 54.6 Å². The predicted octanol–water partition coefficient (Wildman–Crippen LogP) is 6.09. The third-order valence-corrected chi connectivity index (χ3v) is 10.1. The molecule has 2 aromatic rings. The number of fused-ring (bicyclic) bond motifs is 1. The summed E-state index contributed by atoms with van der Waals surface area (Å²) in [7, 11) is 0. The highest BCUT2D eigenvalue weighted by atomic mass is 16.6. The molecule has 0 bridgehead atoms. The summed E-state index contributed by atoms with van der Waals surface area (Å²) >= 11 is 0. The Labute approximate surface area is 313 Å². The van der Waals surface area contributed by atoms with Crippen LogP contribution in [0.15, 0.2) is 94.2 Å². The molecule has 3 rings (SSSR count). The van der Waals surface area contributed by atoms with E-state index >= 15 is 0 Å². The number of ether oxygens (including phenoxy) is 2. The van der Waals surface area contributed by atoms with Gasteiger partial charge in [-0.15, -0.1) is 0 Å². The van der Waals surface area contributed by atoms with Crippen molar-refractivity contribution in [3.05, 3.63) is 95.4 Å². The van der Waals surface area contributed by atoms with E-state index in [1.54, 1.807) is 50.3 Å². The number of benzene rings is 1. The molecule has 1 aliphatic rings. The molecule has 0 saturated carbocycles. The van der Waals surface area contributed by atoms with Gasteiger partial charge in [0.15, 0.2) is 0 Å². The summed E-state index contributed by atoms with van der Waals surface area (Å²) in [4.78, 5) is 34.2. The van der Waals surface area contributed by atoms with Crippen molar-refractivity contribution in [2.24, 2.45) is 47.2 Å². The van der Waals surface area contributed by atoms with Crippen LogP contribution in [0.25, 0.3) is 11.0 Å². The van der Waals surface area contributed by atoms with E-state index in [1.807, 2.05) is 71.9 Å². The van der Waals surface area contributed by atoms with Crippen LogP contribution >= 0.6 is 0 Å². The summed E-state index contributed by atoms with van der Waals surface area (Å²) in [6.45, 7) is 18.5. The summed E-state index contributed by atoms with van der Waals surface area (Å²) in [6.07, 6.45) is 6.04. The van der Waals surface area contributed by atoms with E-state index in [2.05, 4.69) is 6.58 Å². The second-order valence-electron chi connectivity index (χ2n) is 14.7. The van der Waals surface area contributed by atoms with Crippen LogP contribution in [0, 0.1) is 41.4 Å². The van der Waals surface area contributed by atoms with E-state index in [9.17, 15) is 34.8 Å². The average molecular weight is 740 g/mol. The van der Waals surface area contributed by atoms with Crippen LogP contribution in [-0.2, 0) is 14.3 Å². The number of carbonyl (C=O) groups is 2. The molecule has 0 aliphatic carbocycles. The zero-order valence-corrected chi connectivity index (χ0v) is 32.4. The predicted molar refractivity (Wildman–Crippen MR) is 206 cm³/mol. The van der Waals surface area contributed by atoms with Gasteiger partial charge in [0.05, 0.1) is 30.3 Å². The normalized spacial score (nSPS) is 24.5. The Morgan fingerprint density at radius 3 is 2.25 bits per heavy atom. The number of primary amides is 1. The molecule has 6 N–H and O–H groups in total. The highest BCUT2D eigenvalue weighted by Crippen LogP contribution is 2.30. The molecule has 1 aromatic carbocycles. The van der Waals surface area contributed by atoms with Crippen LogP contribution < -0.4 is 11.4 Å². The van der Waals surface area contributed by atoms with Gasteiger partial charge in [-0.2, -0.15) is 0 Å². The van der Waals surface area contributed by atoms with Crippen molar-refractivity contribution in [1.29, 1.82) is 0 Å². The third kappa shape index (κ3) is 14.0. The Bertz CT molecular complexity index is 1610. The maximum Gasteiger partial charge on any atom is 0.404 e. The number of amides is 1. The molecule has 13 atom stereocenters. The average Bonchev–Trinajstić information content (AvgIpc) is 3.12. The quantitative estimate of drug-likeness (QED) is 0.0583. The lowest BCUT2D eigenvalue weighted by molar-refractivity contribution is -0.179. The van der Waals surface area contributed by atoms with Crippen molar-refractivity contribution < 1.29 is 43.9 Å². The van der Waals surface area contributed by atoms with Crippen LogP contribution in [0.4, 0.5) is 4.79 Å². The molecule has 1 aliphatic heterocycles. The number of hydrogen-bond donors (Lipinski definition) is 5. The molecule has 11 heteroatoms. The molecule has 11 nitrogen and oxygen atoms in total. The molecule has 294 valence electrons. The summed E-state index contributed by atoms with van der Waals surface area (Å²) in [5.41, 5.74) is 6.64. The van der Waals surface area contributed by atoms with Crippen LogP contribution in [0.3, 0.4) is 0 Å². The number of nitrogens with two attached hydrogens (primary N) is 1. The van der Waals surface area contributed by atoms with Crippen LogP contribution in [0.1, 0.15) is 68.2 Å². The van der Waals surface area contributed by atoms with E-state index in [0.29, 0.717) is 12.0 Å². The van der Waals surface area contributed by atoms with Gasteiger partial charge in [0.1, 0.15) is 17.8 Å². The number of aliphatic hydroxyl groups is 4. The molecule has 1 amide bonds. The number of hydrogen-bond acceptors (Lipinski definition) is 10. The van der Waals surface area contributed by atoms with Gasteiger partial charge in [-0.1, -0.05) is 108 Å². The number of carbonyl (C=O) groups excluding carboxylic acids is 2. The van der Waals surface area contributed by atoms with Gasteiger partial charge in [-0.25, -0.2) is 9.59 Å². The van der Waals surface area contributed by atoms with Gasteiger partial charge in [0, 0.05) is 47.5 Å². The lowest BCUT2D eigenvalue weighted by Gasteiger charge is -2.36. The number of esters is 1. The van der Waals surface area contributed by atoms with Gasteiger partial charge < -0.3 is 40.1 Å². The third-order valence-electron chi connectivity index (χ3n) is 10.1. The molecule has 1 saturated heterocycles. The molecule has 0 radical (unpaired) electrons. The summed E-state index contributed by atoms with van der Waals surface area (Å²) < 4.78 is 15.7. The monoisotopic (exact) mass is 739 g/mol. The van der Waals surface area contributed by atoms with Gasteiger partial charge in [-0.3, -0.25) is 4.79 Å². The highest BCUT2D eigenvalue weighted by molar-refractivity contribution is 5.75. The zero-order chi connectivity index (χ0) is 40.0. The van der Waals surface area contributed by atoms with E-state index in [-0.39, 0.29) is 47.6 Å². The summed E-state index contributed by atoms with van der Waals surface area (Å²) in [5, 5.41) is 43.7. The number of aliphatic hydroxyl groups excluding tert-OH is 4. The molecule has 2 heterocycles. The number of rotatable bonds is 16. The van der Waals surface area contributed by atoms with Crippen molar-refractivity contribution in [1.82, 2.24) is 0 Å². The van der Waals surface area contributed by atoms with Crippen LogP contribution in [0.5, 0.6) is 0 Å². The number of allylic oxidation sites excluding steroid dienone is 3. The minimum Gasteiger partial charge on any atom is -0.462 e. The molecular formula is C42H61NO10. The SMILES string of the molecule is C=C/C=C\[C@H](C)[C@H](OC(N)=O)[C@@H](C)[C@H](O)[C@@H](C)C/C(C)=C\[C@H](C)[C@@H](O)[C@@H](C)/C=C\[C@@H](O)C[C@@H]1OC(=O)[C@H](C)[C@@H](O)[C@H]1C.O=c1ccc2ccccc2o1. The fourth-order valence-corrected chi connectivity index (χ4v) is 6.81. The van der Waals surface area contributed by atoms with E-state index in [1.165, 1.54) is 6.07 Å². The number of para-hydroxylation sites is 1. The van der Waals surface area contributed by atoms with Gasteiger partial charge in [-0.05, 0) is 38.3 Å². The first-order chi connectivity index (χ1) is 24.9. The topological polar surface area (TPSA) is 190 Å². The maximum absolute atomic E-state index is 12.0. The summed E-state index contributed by atoms with van der Waals surface area (Å²) in [6, 6.07) is 10.6. The molecule has 53 heavy (non-hydrogen) atoms. The zero-order valence-electron chi connectivity index (χ0n) is 32.4. The van der Waals surface area contributed by atoms with Crippen molar-refractivity contribution in [3.63, 3.8) is 0 Å². The Kier molecular flexibility index (Phi) is 18.4. The molecule has 0 spiro atoms. The molecule has 1 fully saturated rings. The maximum atomic E-state index is 12.0. The molecule has 1 aromatic heterocycles. The Morgan fingerprint density at radius 1 is 0.943 bits per heavy atom. The van der Waals surface area contributed by atoms with Crippen LogP contribution in [0.2, 0.25) is 0 Å². The van der Waals surface area contributed by atoms with Crippen molar-refractivity contribution in [2.75, 3.05) is 0 Å². The van der Waals surface area contributed by atoms with Crippen LogP contribution in [-0.4, -0.2) is 69.1 Å². The Balaban J connectivity index is 0.000000739. The van der Waals surface area contributed by atoms with Crippen molar-refractivity contribution in [2.45, 2.75) is 105 Å². The first-order valence-electron chi connectivity index (χ1n) is 18.4. The minimum absolute atomic E-state index is 0.152. The van der Waals surface area contributed by atoms with E-state index in [0.717, 1.165) is 11.0 Å². The van der Waals surface area contributed by atoms with Gasteiger partial charge in [0.25, 0.3) is 0 Å². The van der Waals surface area contributed by atoms with Crippen molar-refractivity contribution in [3.8, 4) is 0 Å². The second-order valence-corrected chi connectivity index (χ2v) is 14.7. The number of cyclic esters (lactones) is 1. The lowest BCUT2D eigenvalue weighted by atomic mass is 9.81. The van der Waals surface area contributed by atoms with E-state index in [4.69, 9.17) is 19.6 Å². The standard InChI is InChI=1S/C33H55NO8.C9H6O2/c1-10-11-12-20(4)31(42-33(34)40)24(8)29(37)22(6)16-18(2)15-21(5)28(36)19(3)13-14-26(35)17-27-23(7)30(38)25(9)32(39)41-27;10-9-6-5-7-3-1-2-4-8(7)11-9/h10-15,19-31,35-38H,1,16-17H2,2-9H3,(H2,34,40);1-6H/b12-11-,14-13-,18-15-;/t19-,20-,21-,22-,23-,24-,25+,26+,27-,28-,29+,30-,31-;/m0./s1. The highest BCUT2D eigenvalue weighted by Gasteiger charge is 2.41. The lowest BCUT2D eigenvalue weighted by Crippen LogP contribution is -2.47. The fourth-order valence-electron chi connectivity index (χ4n) is 6.81. The van der Waals surface area contributed by atoms with Gasteiger partial charge in [0.2, 0.25) is 0 Å². The Morgan fingerprint density at radius 2 is 1.60 bits per heavy atom. The largest absolute Gasteiger partial charge is 0.462 e. The minimum atomic E-state index is -0.894. The first-order valence-corrected chi connectivity index (χ1v) is 18.4. The summed E-state index contributed by atoms with van der Waals surface area (Å²) in [5.74, 6) is -2.52. The molecular weight excluding hydrogens is 678 g/mol. The Hall–Kier alpha value is -4.03.